The predicted molar refractivity (Wildman–Crippen MR) is 247 cm³/mol. The molecule has 5 aliphatic carbocycles. The van der Waals surface area contributed by atoms with Gasteiger partial charge in [0, 0.05) is 11.4 Å². The standard InChI is InChI=1S/C57H49N/c1-41(30-31-46-40-57(47-23-10-4-11-24-47,48-25-12-5-13-26-48)56-29-17-16-28-53(46)56)58(49-35-34-45-33-32-44-22-14-15-27-51(44)55(45)38-49)50-36-37-52(42-18-6-2-7-19-42)54(39-50)43-20-8-3-9-21-43/h2-4,6-8,10-12,14,16-20,22-26,28-37,39-40,49H,1,5,9,13,15,21,27,38H2/b31-30-. The van der Waals surface area contributed by atoms with Crippen molar-refractivity contribution in [1.82, 2.24) is 0 Å². The van der Waals surface area contributed by atoms with Gasteiger partial charge in [-0.05, 0) is 136 Å². The second kappa shape index (κ2) is 15.5. The molecule has 58 heavy (non-hydrogen) atoms. The summed E-state index contributed by atoms with van der Waals surface area (Å²) in [5.74, 6) is 0. The average Bonchev–Trinajstić information content (AvgIpc) is 3.64. The Labute approximate surface area is 344 Å². The van der Waals surface area contributed by atoms with Gasteiger partial charge < -0.3 is 4.90 Å². The SMILES string of the molecule is C=C(/C=C\C1=CC(C2=CCCC=C2)(c2ccccc2)c2ccccc21)N(c1ccc(-c2ccccc2)c(C2=CC=CCC2)c1)C1C=Cc2ccc3c(c2C1)CCC=C3. The van der Waals surface area contributed by atoms with Crippen molar-refractivity contribution in [2.75, 3.05) is 4.90 Å². The minimum atomic E-state index is -0.358. The van der Waals surface area contributed by atoms with Crippen molar-refractivity contribution in [2.45, 2.75) is 56.4 Å². The summed E-state index contributed by atoms with van der Waals surface area (Å²) < 4.78 is 0. The van der Waals surface area contributed by atoms with Crippen LogP contribution in [-0.4, -0.2) is 6.04 Å². The van der Waals surface area contributed by atoms with E-state index in [9.17, 15) is 0 Å². The number of hydrogen-bond donors (Lipinski definition) is 0. The second-order valence-electron chi connectivity index (χ2n) is 16.2. The summed E-state index contributed by atoms with van der Waals surface area (Å²) in [5, 5.41) is 0. The summed E-state index contributed by atoms with van der Waals surface area (Å²) in [5.41, 5.74) is 19.2. The van der Waals surface area contributed by atoms with Crippen molar-refractivity contribution < 1.29 is 0 Å². The Kier molecular flexibility index (Phi) is 9.59. The van der Waals surface area contributed by atoms with E-state index in [0.29, 0.717) is 0 Å². The lowest BCUT2D eigenvalue weighted by atomic mass is 9.69. The lowest BCUT2D eigenvalue weighted by molar-refractivity contribution is 0.737. The van der Waals surface area contributed by atoms with E-state index in [0.717, 1.165) is 50.6 Å². The molecule has 0 N–H and O–H groups in total. The van der Waals surface area contributed by atoms with E-state index in [1.807, 2.05) is 0 Å². The molecule has 5 aromatic rings. The molecule has 0 fully saturated rings. The van der Waals surface area contributed by atoms with Gasteiger partial charge >= 0.3 is 0 Å². The van der Waals surface area contributed by atoms with Crippen LogP contribution in [0, 0.1) is 0 Å². The summed E-state index contributed by atoms with van der Waals surface area (Å²) in [4.78, 5) is 2.50. The number of anilines is 1. The van der Waals surface area contributed by atoms with Gasteiger partial charge in [-0.15, -0.1) is 0 Å². The van der Waals surface area contributed by atoms with Gasteiger partial charge in [0.15, 0.2) is 0 Å². The molecule has 0 radical (unpaired) electrons. The number of nitrogens with zero attached hydrogens (tertiary/aromatic N) is 1. The van der Waals surface area contributed by atoms with Gasteiger partial charge in [0.05, 0.1) is 11.5 Å². The quantitative estimate of drug-likeness (QED) is 0.136. The molecule has 10 rings (SSSR count). The molecule has 282 valence electrons. The van der Waals surface area contributed by atoms with Crippen molar-refractivity contribution in [3.63, 3.8) is 0 Å². The van der Waals surface area contributed by atoms with Crippen molar-refractivity contribution in [1.29, 1.82) is 0 Å². The van der Waals surface area contributed by atoms with Crippen LogP contribution < -0.4 is 4.90 Å². The molecule has 1 nitrogen and oxygen atoms in total. The third kappa shape index (κ3) is 6.45. The largest absolute Gasteiger partial charge is 0.335 e. The molecule has 5 aromatic carbocycles. The fraction of sp³-hybridized carbons (Fsp3) is 0.158. The molecule has 5 aliphatic rings. The molecule has 0 saturated carbocycles. The Morgan fingerprint density at radius 2 is 1.45 bits per heavy atom. The topological polar surface area (TPSA) is 3.24 Å². The van der Waals surface area contributed by atoms with E-state index in [2.05, 4.69) is 199 Å². The van der Waals surface area contributed by atoms with Gasteiger partial charge in [0.2, 0.25) is 0 Å². The zero-order valence-corrected chi connectivity index (χ0v) is 33.2. The van der Waals surface area contributed by atoms with E-state index in [1.54, 1.807) is 0 Å². The van der Waals surface area contributed by atoms with Gasteiger partial charge in [-0.1, -0.05) is 183 Å². The summed E-state index contributed by atoms with van der Waals surface area (Å²) >= 11 is 0. The first-order valence-corrected chi connectivity index (χ1v) is 21.1. The molecule has 0 saturated heterocycles. The monoisotopic (exact) mass is 747 g/mol. The molecule has 0 aliphatic heterocycles. The summed E-state index contributed by atoms with van der Waals surface area (Å²) in [6, 6.07) is 42.7. The Morgan fingerprint density at radius 1 is 0.672 bits per heavy atom. The van der Waals surface area contributed by atoms with Crippen LogP contribution in [-0.2, 0) is 18.3 Å². The molecular weight excluding hydrogens is 699 g/mol. The smallest absolute Gasteiger partial charge is 0.0643 e. The van der Waals surface area contributed by atoms with Gasteiger partial charge in [-0.25, -0.2) is 0 Å². The normalized spacial score (nSPS) is 20.2. The molecule has 2 atom stereocenters. The average molecular weight is 748 g/mol. The van der Waals surface area contributed by atoms with Gasteiger partial charge in [0.25, 0.3) is 0 Å². The molecular formula is C57H49N. The third-order valence-electron chi connectivity index (χ3n) is 12.8. The first-order valence-electron chi connectivity index (χ1n) is 21.1. The number of allylic oxidation sites excluding steroid dienone is 13. The van der Waals surface area contributed by atoms with Gasteiger partial charge in [-0.2, -0.15) is 0 Å². The van der Waals surface area contributed by atoms with Crippen LogP contribution in [0.4, 0.5) is 5.69 Å². The minimum absolute atomic E-state index is 0.100. The number of fused-ring (bicyclic) bond motifs is 4. The maximum atomic E-state index is 4.89. The van der Waals surface area contributed by atoms with Crippen LogP contribution in [0.25, 0.3) is 34.4 Å². The number of rotatable bonds is 9. The van der Waals surface area contributed by atoms with Crippen LogP contribution in [0.5, 0.6) is 0 Å². The van der Waals surface area contributed by atoms with E-state index in [4.69, 9.17) is 6.58 Å². The Balaban J connectivity index is 1.10. The van der Waals surface area contributed by atoms with E-state index < -0.39 is 0 Å². The molecule has 0 heterocycles. The van der Waals surface area contributed by atoms with Crippen LogP contribution in [0.2, 0.25) is 0 Å². The fourth-order valence-electron chi connectivity index (χ4n) is 10.0. The van der Waals surface area contributed by atoms with Crippen molar-refractivity contribution in [3.05, 3.63) is 244 Å². The van der Waals surface area contributed by atoms with Crippen LogP contribution >= 0.6 is 0 Å². The minimum Gasteiger partial charge on any atom is -0.335 e. The molecule has 0 aromatic heterocycles. The zero-order valence-electron chi connectivity index (χ0n) is 33.2. The Morgan fingerprint density at radius 3 is 2.26 bits per heavy atom. The lowest BCUT2D eigenvalue weighted by Crippen LogP contribution is -2.36. The van der Waals surface area contributed by atoms with Crippen LogP contribution in [0.1, 0.15) is 76.6 Å². The molecule has 0 amide bonds. The number of hydrogen-bond acceptors (Lipinski definition) is 1. The maximum absolute atomic E-state index is 4.89. The summed E-state index contributed by atoms with van der Waals surface area (Å²) in [6.07, 6.45) is 37.8. The maximum Gasteiger partial charge on any atom is 0.0643 e. The summed E-state index contributed by atoms with van der Waals surface area (Å²) in [6.45, 7) is 4.89. The van der Waals surface area contributed by atoms with Crippen molar-refractivity contribution in [3.8, 4) is 11.1 Å². The van der Waals surface area contributed by atoms with Crippen LogP contribution in [0.15, 0.2) is 200 Å². The predicted octanol–water partition coefficient (Wildman–Crippen LogP) is 14.2. The first kappa shape index (κ1) is 35.9. The van der Waals surface area contributed by atoms with E-state index in [-0.39, 0.29) is 11.5 Å². The molecule has 0 bridgehead atoms. The highest BCUT2D eigenvalue weighted by Crippen LogP contribution is 2.51. The van der Waals surface area contributed by atoms with Gasteiger partial charge in [-0.3, -0.25) is 0 Å². The highest BCUT2D eigenvalue weighted by Gasteiger charge is 2.41. The Bertz CT molecular complexity index is 2650. The van der Waals surface area contributed by atoms with Crippen molar-refractivity contribution in [2.24, 2.45) is 0 Å². The molecule has 1 heteroatoms. The molecule has 0 spiro atoms. The fourth-order valence-corrected chi connectivity index (χ4v) is 10.0. The summed E-state index contributed by atoms with van der Waals surface area (Å²) in [7, 11) is 0. The van der Waals surface area contributed by atoms with Crippen LogP contribution in [0.3, 0.4) is 0 Å². The lowest BCUT2D eigenvalue weighted by Gasteiger charge is -2.36. The first-order chi connectivity index (χ1) is 28.7. The highest BCUT2D eigenvalue weighted by molar-refractivity contribution is 5.88. The Hall–Kier alpha value is -6.44. The molecule has 2 unspecified atom stereocenters. The highest BCUT2D eigenvalue weighted by atomic mass is 15.2. The van der Waals surface area contributed by atoms with E-state index in [1.165, 1.54) is 78.0 Å². The van der Waals surface area contributed by atoms with E-state index >= 15 is 0 Å². The second-order valence-corrected chi connectivity index (χ2v) is 16.2. The zero-order chi connectivity index (χ0) is 38.9. The third-order valence-corrected chi connectivity index (χ3v) is 12.8. The van der Waals surface area contributed by atoms with Crippen molar-refractivity contribution >= 4 is 29.0 Å². The van der Waals surface area contributed by atoms with Gasteiger partial charge in [0.1, 0.15) is 0 Å². The number of benzene rings is 5.